The molecule has 1 aromatic carbocycles. The molecule has 2 rings (SSSR count). The predicted molar refractivity (Wildman–Crippen MR) is 58.9 cm³/mol. The van der Waals surface area contributed by atoms with E-state index in [0.29, 0.717) is 0 Å². The summed E-state index contributed by atoms with van der Waals surface area (Å²) in [6, 6.07) is 7.73. The van der Waals surface area contributed by atoms with E-state index in [1.165, 1.54) is 0 Å². The van der Waals surface area contributed by atoms with Crippen LogP contribution in [0.15, 0.2) is 36.7 Å². The van der Waals surface area contributed by atoms with Crippen molar-refractivity contribution in [2.75, 3.05) is 0 Å². The molecule has 3 nitrogen and oxygen atoms in total. The quantitative estimate of drug-likeness (QED) is 0.811. The van der Waals surface area contributed by atoms with Crippen molar-refractivity contribution in [3.05, 3.63) is 47.8 Å². The molecule has 0 saturated carbocycles. The summed E-state index contributed by atoms with van der Waals surface area (Å²) in [5.74, 6) is 0. The molecule has 1 atom stereocenters. The van der Waals surface area contributed by atoms with Gasteiger partial charge in [-0.1, -0.05) is 12.1 Å². The average molecular weight is 202 g/mol. The second-order valence-electron chi connectivity index (χ2n) is 3.73. The highest BCUT2D eigenvalue weighted by atomic mass is 16.3. The maximum atomic E-state index is 9.37. The highest BCUT2D eigenvalue weighted by Gasteiger charge is 2.01. The number of aryl methyl sites for hydroxylation is 1. The lowest BCUT2D eigenvalue weighted by Crippen LogP contribution is -1.96. The van der Waals surface area contributed by atoms with Crippen LogP contribution in [0.4, 0.5) is 0 Å². The Morgan fingerprint density at radius 1 is 1.27 bits per heavy atom. The molecule has 1 heterocycles. The maximum Gasteiger partial charge on any atom is 0.0761 e. The van der Waals surface area contributed by atoms with Gasteiger partial charge >= 0.3 is 0 Å². The van der Waals surface area contributed by atoms with Crippen molar-refractivity contribution >= 4 is 0 Å². The fourth-order valence-corrected chi connectivity index (χ4v) is 1.46. The molecular weight excluding hydrogens is 188 g/mol. The van der Waals surface area contributed by atoms with Gasteiger partial charge in [-0.05, 0) is 37.1 Å². The van der Waals surface area contributed by atoms with Gasteiger partial charge in [0.25, 0.3) is 0 Å². The summed E-state index contributed by atoms with van der Waals surface area (Å²) in [5.41, 5.74) is 3.06. The smallest absolute Gasteiger partial charge is 0.0761 e. The number of hydrogen-bond acceptors (Lipinski definition) is 2. The molecule has 1 unspecified atom stereocenters. The maximum absolute atomic E-state index is 9.37. The van der Waals surface area contributed by atoms with Crippen LogP contribution in [0.1, 0.15) is 24.2 Å². The Bertz CT molecular complexity index is 443. The first-order valence-electron chi connectivity index (χ1n) is 4.96. The molecule has 0 aliphatic rings. The molecule has 0 aliphatic heterocycles. The summed E-state index contributed by atoms with van der Waals surface area (Å²) in [5, 5.41) is 13.6. The van der Waals surface area contributed by atoms with E-state index < -0.39 is 6.10 Å². The van der Waals surface area contributed by atoms with E-state index in [9.17, 15) is 5.11 Å². The molecule has 0 aliphatic carbocycles. The molecule has 3 heteroatoms. The molecule has 0 spiro atoms. The zero-order chi connectivity index (χ0) is 10.8. The minimum absolute atomic E-state index is 0.418. The minimum Gasteiger partial charge on any atom is -0.389 e. The van der Waals surface area contributed by atoms with Crippen molar-refractivity contribution in [2.24, 2.45) is 0 Å². The summed E-state index contributed by atoms with van der Waals surface area (Å²) in [7, 11) is 0. The molecule has 15 heavy (non-hydrogen) atoms. The molecule has 0 fully saturated rings. The van der Waals surface area contributed by atoms with Crippen LogP contribution in [-0.4, -0.2) is 14.9 Å². The summed E-state index contributed by atoms with van der Waals surface area (Å²) in [6.45, 7) is 3.76. The number of hydrogen-bond donors (Lipinski definition) is 1. The van der Waals surface area contributed by atoms with Gasteiger partial charge in [-0.2, -0.15) is 5.10 Å². The number of aliphatic hydroxyl groups excluding tert-OH is 1. The van der Waals surface area contributed by atoms with Gasteiger partial charge in [-0.3, -0.25) is 0 Å². The van der Waals surface area contributed by atoms with Crippen LogP contribution < -0.4 is 0 Å². The van der Waals surface area contributed by atoms with Crippen molar-refractivity contribution in [3.8, 4) is 5.69 Å². The van der Waals surface area contributed by atoms with Gasteiger partial charge in [-0.15, -0.1) is 0 Å². The van der Waals surface area contributed by atoms with E-state index in [4.69, 9.17) is 0 Å². The molecule has 2 aromatic rings. The van der Waals surface area contributed by atoms with Crippen LogP contribution in [0.5, 0.6) is 0 Å². The Morgan fingerprint density at radius 2 is 1.93 bits per heavy atom. The lowest BCUT2D eigenvalue weighted by Gasteiger charge is -2.06. The van der Waals surface area contributed by atoms with Crippen LogP contribution in [0, 0.1) is 6.92 Å². The van der Waals surface area contributed by atoms with Gasteiger partial charge in [0, 0.05) is 6.20 Å². The highest BCUT2D eigenvalue weighted by molar-refractivity contribution is 5.34. The van der Waals surface area contributed by atoms with Crippen molar-refractivity contribution in [3.63, 3.8) is 0 Å². The normalized spacial score (nSPS) is 12.7. The lowest BCUT2D eigenvalue weighted by atomic mass is 10.1. The van der Waals surface area contributed by atoms with Crippen molar-refractivity contribution in [1.82, 2.24) is 9.78 Å². The van der Waals surface area contributed by atoms with E-state index in [-0.39, 0.29) is 0 Å². The Hall–Kier alpha value is -1.61. The SMILES string of the molecule is Cc1cnn(-c2ccc(C(C)O)cc2)c1. The van der Waals surface area contributed by atoms with E-state index in [0.717, 1.165) is 16.8 Å². The predicted octanol–water partition coefficient (Wildman–Crippen LogP) is 2.23. The molecule has 0 bridgehead atoms. The average Bonchev–Trinajstić information content (AvgIpc) is 2.65. The zero-order valence-electron chi connectivity index (χ0n) is 8.88. The van der Waals surface area contributed by atoms with Crippen LogP contribution in [0.25, 0.3) is 5.69 Å². The fraction of sp³-hybridized carbons (Fsp3) is 0.250. The minimum atomic E-state index is -0.418. The molecular formula is C12H14N2O. The third-order valence-corrected chi connectivity index (χ3v) is 2.35. The molecule has 0 radical (unpaired) electrons. The van der Waals surface area contributed by atoms with Gasteiger partial charge in [0.15, 0.2) is 0 Å². The summed E-state index contributed by atoms with van der Waals surface area (Å²) < 4.78 is 1.82. The van der Waals surface area contributed by atoms with E-state index in [1.807, 2.05) is 48.3 Å². The van der Waals surface area contributed by atoms with Gasteiger partial charge in [0.2, 0.25) is 0 Å². The van der Waals surface area contributed by atoms with Crippen LogP contribution in [0.3, 0.4) is 0 Å². The number of aromatic nitrogens is 2. The van der Waals surface area contributed by atoms with Crippen molar-refractivity contribution in [1.29, 1.82) is 0 Å². The Kier molecular flexibility index (Phi) is 2.56. The lowest BCUT2D eigenvalue weighted by molar-refractivity contribution is 0.199. The first-order valence-corrected chi connectivity index (χ1v) is 4.96. The van der Waals surface area contributed by atoms with Crippen LogP contribution in [-0.2, 0) is 0 Å². The topological polar surface area (TPSA) is 38.0 Å². The van der Waals surface area contributed by atoms with Crippen LogP contribution >= 0.6 is 0 Å². The molecule has 0 amide bonds. The summed E-state index contributed by atoms with van der Waals surface area (Å²) >= 11 is 0. The Morgan fingerprint density at radius 3 is 2.40 bits per heavy atom. The highest BCUT2D eigenvalue weighted by Crippen LogP contribution is 2.15. The third-order valence-electron chi connectivity index (χ3n) is 2.35. The number of rotatable bonds is 2. The molecule has 1 N–H and O–H groups in total. The van der Waals surface area contributed by atoms with Gasteiger partial charge < -0.3 is 5.11 Å². The van der Waals surface area contributed by atoms with Crippen LogP contribution in [0.2, 0.25) is 0 Å². The first-order chi connectivity index (χ1) is 7.16. The number of nitrogens with zero attached hydrogens (tertiary/aromatic N) is 2. The van der Waals surface area contributed by atoms with Crippen molar-refractivity contribution < 1.29 is 5.11 Å². The standard InChI is InChI=1S/C12H14N2O/c1-9-7-13-14(8-9)12-5-3-11(4-6-12)10(2)15/h3-8,10,15H,1-2H3. The number of aliphatic hydroxyl groups is 1. The van der Waals surface area contributed by atoms with Gasteiger partial charge in [-0.25, -0.2) is 4.68 Å². The molecule has 78 valence electrons. The second kappa shape index (κ2) is 3.87. The van der Waals surface area contributed by atoms with Gasteiger partial charge in [0.1, 0.15) is 0 Å². The number of benzene rings is 1. The molecule has 0 saturated heterocycles. The van der Waals surface area contributed by atoms with Crippen molar-refractivity contribution in [2.45, 2.75) is 20.0 Å². The Balaban J connectivity index is 2.31. The van der Waals surface area contributed by atoms with E-state index >= 15 is 0 Å². The van der Waals surface area contributed by atoms with E-state index in [2.05, 4.69) is 5.10 Å². The largest absolute Gasteiger partial charge is 0.389 e. The zero-order valence-corrected chi connectivity index (χ0v) is 8.88. The second-order valence-corrected chi connectivity index (χ2v) is 3.73. The first kappa shape index (κ1) is 9.93. The third kappa shape index (κ3) is 2.07. The van der Waals surface area contributed by atoms with E-state index in [1.54, 1.807) is 6.92 Å². The summed E-state index contributed by atoms with van der Waals surface area (Å²) in [4.78, 5) is 0. The Labute approximate surface area is 89.0 Å². The van der Waals surface area contributed by atoms with Gasteiger partial charge in [0.05, 0.1) is 18.0 Å². The summed E-state index contributed by atoms with van der Waals surface area (Å²) in [6.07, 6.45) is 3.37. The monoisotopic (exact) mass is 202 g/mol. The fourth-order valence-electron chi connectivity index (χ4n) is 1.46. The molecule has 1 aromatic heterocycles.